The van der Waals surface area contributed by atoms with Crippen LogP contribution in [0.1, 0.15) is 25.7 Å². The Balaban J connectivity index is 1.70. The fourth-order valence-corrected chi connectivity index (χ4v) is 2.78. The normalized spacial score (nSPS) is 19.8. The molecule has 4 heteroatoms. The van der Waals surface area contributed by atoms with Crippen molar-refractivity contribution < 1.29 is 9.90 Å². The smallest absolute Gasteiger partial charge is 0.225 e. The number of carbonyl (C=O) groups excluding carboxylic acids is 1. The van der Waals surface area contributed by atoms with Crippen LogP contribution >= 0.6 is 0 Å². The van der Waals surface area contributed by atoms with Crippen molar-refractivity contribution in [1.82, 2.24) is 4.90 Å². The minimum absolute atomic E-state index is 0.0699. The van der Waals surface area contributed by atoms with Gasteiger partial charge in [-0.2, -0.15) is 0 Å². The van der Waals surface area contributed by atoms with Gasteiger partial charge in [0.1, 0.15) is 0 Å². The molecule has 2 N–H and O–H groups in total. The predicted molar refractivity (Wildman–Crippen MR) is 80.6 cm³/mol. The maximum Gasteiger partial charge on any atom is 0.225 e. The summed E-state index contributed by atoms with van der Waals surface area (Å²) in [5.41, 5.74) is 0.856. The highest BCUT2D eigenvalue weighted by atomic mass is 16.3. The number of hydrogen-bond donors (Lipinski definition) is 2. The van der Waals surface area contributed by atoms with E-state index >= 15 is 0 Å². The third-order valence-electron chi connectivity index (χ3n) is 3.85. The van der Waals surface area contributed by atoms with E-state index in [0.717, 1.165) is 31.7 Å². The van der Waals surface area contributed by atoms with Crippen molar-refractivity contribution in [2.24, 2.45) is 5.92 Å². The summed E-state index contributed by atoms with van der Waals surface area (Å²) in [6.45, 7) is 3.16. The molecule has 0 bridgehead atoms. The number of carbonyl (C=O) groups is 1. The summed E-state index contributed by atoms with van der Waals surface area (Å²) in [4.78, 5) is 14.2. The third-order valence-corrected chi connectivity index (χ3v) is 3.85. The lowest BCUT2D eigenvalue weighted by molar-refractivity contribution is -0.116. The van der Waals surface area contributed by atoms with Gasteiger partial charge in [-0.15, -0.1) is 0 Å². The van der Waals surface area contributed by atoms with Crippen LogP contribution in [0.3, 0.4) is 0 Å². The zero-order chi connectivity index (χ0) is 14.2. The molecule has 0 saturated carbocycles. The largest absolute Gasteiger partial charge is 0.396 e. The van der Waals surface area contributed by atoms with Gasteiger partial charge in [-0.05, 0) is 43.9 Å². The van der Waals surface area contributed by atoms with Crippen molar-refractivity contribution in [3.63, 3.8) is 0 Å². The lowest BCUT2D eigenvalue weighted by Crippen LogP contribution is -2.37. The van der Waals surface area contributed by atoms with Crippen molar-refractivity contribution >= 4 is 11.6 Å². The molecule has 1 aromatic carbocycles. The average molecular weight is 276 g/mol. The first-order chi connectivity index (χ1) is 9.78. The van der Waals surface area contributed by atoms with E-state index in [1.165, 1.54) is 12.8 Å². The fourth-order valence-electron chi connectivity index (χ4n) is 2.78. The third kappa shape index (κ3) is 4.94. The number of hydrogen-bond acceptors (Lipinski definition) is 3. The molecule has 1 heterocycles. The molecule has 110 valence electrons. The molecule has 0 radical (unpaired) electrons. The maximum absolute atomic E-state index is 11.9. The van der Waals surface area contributed by atoms with Crippen molar-refractivity contribution in [3.05, 3.63) is 30.3 Å². The second-order valence-corrected chi connectivity index (χ2v) is 5.49. The molecule has 1 aliphatic heterocycles. The molecular weight excluding hydrogens is 252 g/mol. The SMILES string of the molecule is O=C(CCN1CCCC(CCO)C1)Nc1ccccc1. The van der Waals surface area contributed by atoms with E-state index in [9.17, 15) is 4.79 Å². The van der Waals surface area contributed by atoms with E-state index in [1.54, 1.807) is 0 Å². The van der Waals surface area contributed by atoms with E-state index in [1.807, 2.05) is 30.3 Å². The first kappa shape index (κ1) is 15.0. The number of aliphatic hydroxyl groups is 1. The number of piperidine rings is 1. The second-order valence-electron chi connectivity index (χ2n) is 5.49. The van der Waals surface area contributed by atoms with E-state index < -0.39 is 0 Å². The van der Waals surface area contributed by atoms with Gasteiger partial charge in [0, 0.05) is 31.8 Å². The number of rotatable bonds is 6. The lowest BCUT2D eigenvalue weighted by atomic mass is 9.95. The van der Waals surface area contributed by atoms with Gasteiger partial charge in [0.25, 0.3) is 0 Å². The van der Waals surface area contributed by atoms with Gasteiger partial charge in [0.05, 0.1) is 0 Å². The Labute approximate surface area is 120 Å². The zero-order valence-electron chi connectivity index (χ0n) is 11.9. The van der Waals surface area contributed by atoms with Crippen molar-refractivity contribution in [1.29, 1.82) is 0 Å². The van der Waals surface area contributed by atoms with Crippen molar-refractivity contribution in [2.75, 3.05) is 31.6 Å². The Morgan fingerprint density at radius 2 is 2.15 bits per heavy atom. The van der Waals surface area contributed by atoms with Gasteiger partial charge in [-0.25, -0.2) is 0 Å². The summed E-state index contributed by atoms with van der Waals surface area (Å²) in [6, 6.07) is 9.57. The molecule has 1 saturated heterocycles. The molecule has 1 atom stereocenters. The predicted octanol–water partition coefficient (Wildman–Crippen LogP) is 2.11. The van der Waals surface area contributed by atoms with Crippen LogP contribution in [0.2, 0.25) is 0 Å². The number of anilines is 1. The molecule has 0 aliphatic carbocycles. The number of para-hydroxylation sites is 1. The van der Waals surface area contributed by atoms with Crippen LogP contribution in [0, 0.1) is 5.92 Å². The summed E-state index contributed by atoms with van der Waals surface area (Å²) < 4.78 is 0. The molecule has 0 aromatic heterocycles. The highest BCUT2D eigenvalue weighted by molar-refractivity contribution is 5.90. The van der Waals surface area contributed by atoms with Crippen LogP contribution in [0.5, 0.6) is 0 Å². The van der Waals surface area contributed by atoms with E-state index in [4.69, 9.17) is 5.11 Å². The van der Waals surface area contributed by atoms with Crippen molar-refractivity contribution in [2.45, 2.75) is 25.7 Å². The highest BCUT2D eigenvalue weighted by Crippen LogP contribution is 2.19. The van der Waals surface area contributed by atoms with Gasteiger partial charge < -0.3 is 15.3 Å². The van der Waals surface area contributed by atoms with Gasteiger partial charge in [-0.3, -0.25) is 4.79 Å². The molecule has 2 rings (SSSR count). The maximum atomic E-state index is 11.9. The van der Waals surface area contributed by atoms with Gasteiger partial charge >= 0.3 is 0 Å². The summed E-state index contributed by atoms with van der Waals surface area (Å²) in [7, 11) is 0. The Bertz CT molecular complexity index is 406. The van der Waals surface area contributed by atoms with E-state index in [-0.39, 0.29) is 12.5 Å². The average Bonchev–Trinajstić information content (AvgIpc) is 2.47. The summed E-state index contributed by atoms with van der Waals surface area (Å²) in [5.74, 6) is 0.659. The standard InChI is InChI=1S/C16H24N2O2/c19-12-9-14-5-4-10-18(13-14)11-8-16(20)17-15-6-2-1-3-7-15/h1-3,6-7,14,19H,4-5,8-13H2,(H,17,20). The first-order valence-electron chi connectivity index (χ1n) is 7.46. The zero-order valence-corrected chi connectivity index (χ0v) is 11.9. The number of likely N-dealkylation sites (tertiary alicyclic amines) is 1. The number of amides is 1. The van der Waals surface area contributed by atoms with Gasteiger partial charge in [0.2, 0.25) is 5.91 Å². The quantitative estimate of drug-likeness (QED) is 0.836. The Hall–Kier alpha value is -1.39. The number of nitrogens with zero attached hydrogens (tertiary/aromatic N) is 1. The van der Waals surface area contributed by atoms with E-state index in [0.29, 0.717) is 12.3 Å². The van der Waals surface area contributed by atoms with Crippen LogP contribution in [-0.2, 0) is 4.79 Å². The second kappa shape index (κ2) is 8.02. The topological polar surface area (TPSA) is 52.6 Å². The summed E-state index contributed by atoms with van der Waals surface area (Å²) >= 11 is 0. The Kier molecular flexibility index (Phi) is 6.02. The highest BCUT2D eigenvalue weighted by Gasteiger charge is 2.19. The molecule has 20 heavy (non-hydrogen) atoms. The molecule has 1 amide bonds. The van der Waals surface area contributed by atoms with E-state index in [2.05, 4.69) is 10.2 Å². The molecule has 4 nitrogen and oxygen atoms in total. The first-order valence-corrected chi connectivity index (χ1v) is 7.46. The number of nitrogens with one attached hydrogen (secondary N) is 1. The van der Waals surface area contributed by atoms with Crippen LogP contribution in [0.15, 0.2) is 30.3 Å². The molecule has 1 aromatic rings. The van der Waals surface area contributed by atoms with Gasteiger partial charge in [-0.1, -0.05) is 18.2 Å². The molecule has 1 unspecified atom stereocenters. The molecule has 0 spiro atoms. The summed E-state index contributed by atoms with van der Waals surface area (Å²) in [6.07, 6.45) is 3.78. The van der Waals surface area contributed by atoms with Crippen LogP contribution < -0.4 is 5.32 Å². The minimum atomic E-state index is 0.0699. The summed E-state index contributed by atoms with van der Waals surface area (Å²) in [5, 5.41) is 11.9. The van der Waals surface area contributed by atoms with Crippen molar-refractivity contribution in [3.8, 4) is 0 Å². The lowest BCUT2D eigenvalue weighted by Gasteiger charge is -2.32. The Morgan fingerprint density at radius 1 is 1.35 bits per heavy atom. The van der Waals surface area contributed by atoms with Crippen LogP contribution in [0.25, 0.3) is 0 Å². The molecule has 1 fully saturated rings. The monoisotopic (exact) mass is 276 g/mol. The van der Waals surface area contributed by atoms with Gasteiger partial charge in [0.15, 0.2) is 0 Å². The number of benzene rings is 1. The number of aliphatic hydroxyl groups excluding tert-OH is 1. The fraction of sp³-hybridized carbons (Fsp3) is 0.562. The minimum Gasteiger partial charge on any atom is -0.396 e. The molecular formula is C16H24N2O2. The Morgan fingerprint density at radius 3 is 2.90 bits per heavy atom. The van der Waals surface area contributed by atoms with Crippen LogP contribution in [-0.4, -0.2) is 42.2 Å². The molecule has 1 aliphatic rings. The van der Waals surface area contributed by atoms with Crippen LogP contribution in [0.4, 0.5) is 5.69 Å².